The second-order valence-electron chi connectivity index (χ2n) is 4.73. The van der Waals surface area contributed by atoms with Crippen LogP contribution in [0.3, 0.4) is 0 Å². The third kappa shape index (κ3) is 1.82. The maximum absolute atomic E-state index is 12.6. The number of pyridine rings is 1. The summed E-state index contributed by atoms with van der Waals surface area (Å²) in [5.74, 6) is 0.208. The molecule has 0 aliphatic heterocycles. The molecule has 1 heterocycles. The Hall–Kier alpha value is -2.75. The first-order valence-corrected chi connectivity index (χ1v) is 6.21. The summed E-state index contributed by atoms with van der Waals surface area (Å²) in [6.07, 6.45) is 1.58. The maximum Gasteiger partial charge on any atom is 0.197 e. The van der Waals surface area contributed by atoms with Gasteiger partial charge < -0.3 is 15.2 Å². The lowest BCUT2D eigenvalue weighted by Gasteiger charge is -2.07. The number of phenols is 2. The molecule has 4 nitrogen and oxygen atoms in total. The highest BCUT2D eigenvalue weighted by Gasteiger charge is 2.11. The van der Waals surface area contributed by atoms with Crippen molar-refractivity contribution in [3.63, 3.8) is 0 Å². The fourth-order valence-electron chi connectivity index (χ4n) is 2.33. The molecule has 2 aromatic carbocycles. The van der Waals surface area contributed by atoms with Gasteiger partial charge in [0.15, 0.2) is 5.43 Å². The van der Waals surface area contributed by atoms with Crippen molar-refractivity contribution in [2.75, 3.05) is 0 Å². The van der Waals surface area contributed by atoms with Gasteiger partial charge in [-0.1, -0.05) is 18.2 Å². The number of aromatic amines is 1. The Morgan fingerprint density at radius 1 is 1.00 bits per heavy atom. The van der Waals surface area contributed by atoms with Gasteiger partial charge in [0.25, 0.3) is 0 Å². The molecule has 0 saturated heterocycles. The lowest BCUT2D eigenvalue weighted by molar-refractivity contribution is 0.475. The van der Waals surface area contributed by atoms with E-state index in [0.29, 0.717) is 22.0 Å². The van der Waals surface area contributed by atoms with Crippen molar-refractivity contribution >= 4 is 10.9 Å². The number of aromatic hydroxyl groups is 2. The number of fused-ring (bicyclic) bond motifs is 1. The van der Waals surface area contributed by atoms with Crippen molar-refractivity contribution < 1.29 is 10.2 Å². The van der Waals surface area contributed by atoms with Crippen LogP contribution in [0.4, 0.5) is 0 Å². The highest BCUT2D eigenvalue weighted by Crippen LogP contribution is 2.26. The molecule has 1 aromatic heterocycles. The number of hydrogen-bond acceptors (Lipinski definition) is 3. The van der Waals surface area contributed by atoms with E-state index in [4.69, 9.17) is 0 Å². The van der Waals surface area contributed by atoms with Crippen molar-refractivity contribution in [1.82, 2.24) is 4.98 Å². The van der Waals surface area contributed by atoms with E-state index < -0.39 is 0 Å². The fourth-order valence-corrected chi connectivity index (χ4v) is 2.33. The Bertz CT molecular complexity index is 848. The number of nitrogens with one attached hydrogen (secondary N) is 1. The minimum absolute atomic E-state index is 0.0555. The molecule has 100 valence electrons. The van der Waals surface area contributed by atoms with Crippen molar-refractivity contribution in [2.45, 2.75) is 6.92 Å². The zero-order valence-corrected chi connectivity index (χ0v) is 10.8. The summed E-state index contributed by atoms with van der Waals surface area (Å²) < 4.78 is 0. The van der Waals surface area contributed by atoms with Crippen molar-refractivity contribution in [1.29, 1.82) is 0 Å². The SMILES string of the molecule is Cc1ccc(O)c2[nH]cc(-c3ccc(O)cc3)c(=O)c12. The number of rotatable bonds is 1. The molecule has 0 bridgehead atoms. The average molecular weight is 267 g/mol. The third-order valence-electron chi connectivity index (χ3n) is 3.40. The standard InChI is InChI=1S/C16H13NO3/c1-9-2-7-13(19)15-14(9)16(20)12(8-17-15)10-3-5-11(18)6-4-10/h2-8,18-19H,1H3,(H,17,20). The second-order valence-corrected chi connectivity index (χ2v) is 4.73. The summed E-state index contributed by atoms with van der Waals surface area (Å²) >= 11 is 0. The minimum atomic E-state index is -0.141. The molecule has 0 spiro atoms. The highest BCUT2D eigenvalue weighted by atomic mass is 16.3. The number of hydrogen-bond donors (Lipinski definition) is 3. The molecule has 3 rings (SSSR count). The molecule has 0 atom stereocenters. The Balaban J connectivity index is 2.34. The molecule has 4 heteroatoms. The topological polar surface area (TPSA) is 73.3 Å². The molecule has 0 fully saturated rings. The summed E-state index contributed by atoms with van der Waals surface area (Å²) in [7, 11) is 0. The summed E-state index contributed by atoms with van der Waals surface area (Å²) in [6, 6.07) is 9.72. The van der Waals surface area contributed by atoms with Crippen molar-refractivity contribution in [2.24, 2.45) is 0 Å². The molecule has 20 heavy (non-hydrogen) atoms. The van der Waals surface area contributed by atoms with Crippen LogP contribution in [0.2, 0.25) is 0 Å². The van der Waals surface area contributed by atoms with Crippen LogP contribution in [0.15, 0.2) is 47.4 Å². The molecule has 3 N–H and O–H groups in total. The van der Waals surface area contributed by atoms with E-state index in [1.54, 1.807) is 30.5 Å². The molecule has 0 unspecified atom stereocenters. The number of H-pyrrole nitrogens is 1. The summed E-state index contributed by atoms with van der Waals surface area (Å²) in [4.78, 5) is 15.6. The molecular formula is C16H13NO3. The van der Waals surface area contributed by atoms with Crippen molar-refractivity contribution in [3.8, 4) is 22.6 Å². The lowest BCUT2D eigenvalue weighted by atomic mass is 10.0. The summed E-state index contributed by atoms with van der Waals surface area (Å²) in [5, 5.41) is 19.6. The van der Waals surface area contributed by atoms with Crippen molar-refractivity contribution in [3.05, 3.63) is 58.4 Å². The normalized spacial score (nSPS) is 10.8. The van der Waals surface area contributed by atoms with Crippen LogP contribution >= 0.6 is 0 Å². The molecule has 0 saturated carbocycles. The Morgan fingerprint density at radius 3 is 2.40 bits per heavy atom. The van der Waals surface area contributed by atoms with Crippen LogP contribution in [-0.2, 0) is 0 Å². The van der Waals surface area contributed by atoms with Crippen LogP contribution < -0.4 is 5.43 Å². The monoisotopic (exact) mass is 267 g/mol. The highest BCUT2D eigenvalue weighted by molar-refractivity contribution is 5.90. The molecule has 0 amide bonds. The lowest BCUT2D eigenvalue weighted by Crippen LogP contribution is -2.07. The fraction of sp³-hybridized carbons (Fsp3) is 0.0625. The first-order valence-electron chi connectivity index (χ1n) is 6.21. The van der Waals surface area contributed by atoms with Gasteiger partial charge in [-0.15, -0.1) is 0 Å². The molecule has 0 radical (unpaired) electrons. The van der Waals surface area contributed by atoms with Gasteiger partial charge in [-0.2, -0.15) is 0 Å². The number of aryl methyl sites for hydroxylation is 1. The van der Waals surface area contributed by atoms with Gasteiger partial charge in [0.05, 0.1) is 10.9 Å². The third-order valence-corrected chi connectivity index (χ3v) is 3.40. The zero-order chi connectivity index (χ0) is 14.3. The zero-order valence-electron chi connectivity index (χ0n) is 10.8. The van der Waals surface area contributed by atoms with Gasteiger partial charge >= 0.3 is 0 Å². The van der Waals surface area contributed by atoms with E-state index in [2.05, 4.69) is 4.98 Å². The van der Waals surface area contributed by atoms with Crippen LogP contribution in [0.5, 0.6) is 11.5 Å². The molecule has 0 aliphatic carbocycles. The van der Waals surface area contributed by atoms with Crippen LogP contribution in [-0.4, -0.2) is 15.2 Å². The molecular weight excluding hydrogens is 254 g/mol. The van der Waals surface area contributed by atoms with Gasteiger partial charge in [-0.05, 0) is 36.2 Å². The molecule has 3 aromatic rings. The van der Waals surface area contributed by atoms with E-state index in [0.717, 1.165) is 5.56 Å². The Labute approximate surface area is 115 Å². The van der Waals surface area contributed by atoms with E-state index >= 15 is 0 Å². The summed E-state index contributed by atoms with van der Waals surface area (Å²) in [6.45, 7) is 1.83. The second kappa shape index (κ2) is 4.42. The average Bonchev–Trinajstić information content (AvgIpc) is 2.44. The van der Waals surface area contributed by atoms with Crippen LogP contribution in [0.1, 0.15) is 5.56 Å². The van der Waals surface area contributed by atoms with E-state index in [-0.39, 0.29) is 16.9 Å². The van der Waals surface area contributed by atoms with Crippen LogP contribution in [0, 0.1) is 6.92 Å². The predicted molar refractivity (Wildman–Crippen MR) is 78.1 cm³/mol. The smallest absolute Gasteiger partial charge is 0.197 e. The van der Waals surface area contributed by atoms with Gasteiger partial charge in [-0.3, -0.25) is 4.79 Å². The summed E-state index contributed by atoms with van der Waals surface area (Å²) in [5.41, 5.74) is 2.33. The Kier molecular flexibility index (Phi) is 2.71. The first-order chi connectivity index (χ1) is 9.58. The van der Waals surface area contributed by atoms with Gasteiger partial charge in [0, 0.05) is 11.8 Å². The maximum atomic E-state index is 12.6. The Morgan fingerprint density at radius 2 is 1.70 bits per heavy atom. The number of aromatic nitrogens is 1. The quantitative estimate of drug-likeness (QED) is 0.634. The van der Waals surface area contributed by atoms with E-state index in [1.807, 2.05) is 6.92 Å². The van der Waals surface area contributed by atoms with E-state index in [1.165, 1.54) is 12.1 Å². The largest absolute Gasteiger partial charge is 0.508 e. The van der Waals surface area contributed by atoms with Crippen LogP contribution in [0.25, 0.3) is 22.0 Å². The van der Waals surface area contributed by atoms with Gasteiger partial charge in [0.1, 0.15) is 11.5 Å². The first kappa shape index (κ1) is 12.3. The number of benzene rings is 2. The van der Waals surface area contributed by atoms with Gasteiger partial charge in [-0.25, -0.2) is 0 Å². The number of phenolic OH excluding ortho intramolecular Hbond substituents is 2. The van der Waals surface area contributed by atoms with Gasteiger partial charge in [0.2, 0.25) is 0 Å². The molecule has 0 aliphatic rings. The predicted octanol–water partition coefficient (Wildman–Crippen LogP) is 2.91. The van der Waals surface area contributed by atoms with E-state index in [9.17, 15) is 15.0 Å². The minimum Gasteiger partial charge on any atom is -0.508 e.